The van der Waals surface area contributed by atoms with Crippen LogP contribution in [0.3, 0.4) is 0 Å². The molecule has 1 atom stereocenters. The molecule has 2 aromatic carbocycles. The van der Waals surface area contributed by atoms with E-state index in [-0.39, 0.29) is 5.91 Å². The van der Waals surface area contributed by atoms with Gasteiger partial charge in [0.05, 0.1) is 13.7 Å². The minimum absolute atomic E-state index is 0.170. The molecule has 0 saturated carbocycles. The van der Waals surface area contributed by atoms with E-state index in [0.717, 1.165) is 17.1 Å². The van der Waals surface area contributed by atoms with Gasteiger partial charge in [0.1, 0.15) is 17.3 Å². The van der Waals surface area contributed by atoms with E-state index >= 15 is 0 Å². The van der Waals surface area contributed by atoms with Gasteiger partial charge >= 0.3 is 0 Å². The Morgan fingerprint density at radius 3 is 2.50 bits per heavy atom. The molecule has 2 N–H and O–H groups in total. The fourth-order valence-electron chi connectivity index (χ4n) is 3.30. The third-order valence-corrected chi connectivity index (χ3v) is 4.81. The summed E-state index contributed by atoms with van der Waals surface area (Å²) in [6.45, 7) is 0.885. The number of hydrogen-bond acceptors (Lipinski definition) is 6. The van der Waals surface area contributed by atoms with Crippen LogP contribution in [0.15, 0.2) is 66.7 Å². The van der Waals surface area contributed by atoms with E-state index in [1.54, 1.807) is 24.1 Å². The van der Waals surface area contributed by atoms with Gasteiger partial charge in [-0.05, 0) is 42.8 Å². The molecule has 1 aliphatic heterocycles. The van der Waals surface area contributed by atoms with E-state index < -0.39 is 6.10 Å². The summed E-state index contributed by atoms with van der Waals surface area (Å²) in [4.78, 5) is 19.2. The monoisotopic (exact) mass is 405 g/mol. The molecule has 1 amide bonds. The molecule has 1 aliphatic rings. The number of amides is 1. The van der Waals surface area contributed by atoms with Crippen LogP contribution in [-0.4, -0.2) is 31.2 Å². The van der Waals surface area contributed by atoms with Crippen molar-refractivity contribution in [1.29, 1.82) is 0 Å². The first-order chi connectivity index (χ1) is 14.7. The third kappa shape index (κ3) is 4.15. The van der Waals surface area contributed by atoms with Gasteiger partial charge in [0, 0.05) is 12.1 Å². The van der Waals surface area contributed by atoms with Crippen molar-refractivity contribution in [3.8, 4) is 17.2 Å². The molecule has 154 valence electrons. The Balaban J connectivity index is 1.47. The van der Waals surface area contributed by atoms with Crippen LogP contribution < -0.4 is 24.8 Å². The van der Waals surface area contributed by atoms with Gasteiger partial charge < -0.3 is 19.9 Å². The van der Waals surface area contributed by atoms with E-state index in [1.807, 2.05) is 54.6 Å². The van der Waals surface area contributed by atoms with Crippen molar-refractivity contribution in [2.45, 2.75) is 12.5 Å². The normalized spacial score (nSPS) is 15.3. The largest absolute Gasteiger partial charge is 0.497 e. The molecule has 4 rings (SSSR count). The predicted octanol–water partition coefficient (Wildman–Crippen LogP) is 3.61. The van der Waals surface area contributed by atoms with Gasteiger partial charge in [-0.15, -0.1) is 0 Å². The van der Waals surface area contributed by atoms with Crippen LogP contribution in [-0.2, 0) is 4.79 Å². The van der Waals surface area contributed by atoms with E-state index in [9.17, 15) is 4.79 Å². The Labute approximate surface area is 175 Å². The number of hydrogen-bond donors (Lipinski definition) is 1. The number of pyridine rings is 1. The van der Waals surface area contributed by atoms with Gasteiger partial charge in [0.2, 0.25) is 6.10 Å². The molecule has 0 radical (unpaired) electrons. The minimum Gasteiger partial charge on any atom is -0.497 e. The molecule has 7 heteroatoms. The van der Waals surface area contributed by atoms with Crippen LogP contribution in [0.4, 0.5) is 11.6 Å². The van der Waals surface area contributed by atoms with Gasteiger partial charge in [-0.3, -0.25) is 9.69 Å². The first-order valence-electron chi connectivity index (χ1n) is 9.72. The maximum atomic E-state index is 13.2. The molecule has 0 spiro atoms. The highest BCUT2D eigenvalue weighted by Gasteiger charge is 2.36. The van der Waals surface area contributed by atoms with Crippen LogP contribution in [0.1, 0.15) is 18.1 Å². The Kier molecular flexibility index (Phi) is 5.70. The van der Waals surface area contributed by atoms with Crippen molar-refractivity contribution >= 4 is 17.5 Å². The molecule has 0 bridgehead atoms. The van der Waals surface area contributed by atoms with Crippen LogP contribution in [0.5, 0.6) is 17.2 Å². The van der Waals surface area contributed by atoms with Crippen molar-refractivity contribution in [2.24, 2.45) is 0 Å². The van der Waals surface area contributed by atoms with Gasteiger partial charge in [0.25, 0.3) is 5.91 Å². The first kappa shape index (κ1) is 19.6. The minimum atomic E-state index is -0.716. The van der Waals surface area contributed by atoms with E-state index in [0.29, 0.717) is 37.0 Å². The number of carbonyl (C=O) groups excluding carboxylic acids is 1. The maximum absolute atomic E-state index is 13.2. The topological polar surface area (TPSA) is 86.9 Å². The summed E-state index contributed by atoms with van der Waals surface area (Å²) in [5.41, 5.74) is 6.65. The second kappa shape index (κ2) is 8.73. The fourth-order valence-corrected chi connectivity index (χ4v) is 3.30. The number of anilines is 2. The number of nitrogen functional groups attached to an aromatic ring is 1. The molecule has 1 aromatic heterocycles. The second-order valence-electron chi connectivity index (χ2n) is 6.83. The second-order valence-corrected chi connectivity index (χ2v) is 6.83. The smallest absolute Gasteiger partial charge is 0.274 e. The molecular weight excluding hydrogens is 382 g/mol. The zero-order valence-corrected chi connectivity index (χ0v) is 16.7. The molecule has 0 aliphatic carbocycles. The lowest BCUT2D eigenvalue weighted by atomic mass is 10.1. The van der Waals surface area contributed by atoms with Crippen molar-refractivity contribution in [1.82, 2.24) is 4.98 Å². The third-order valence-electron chi connectivity index (χ3n) is 4.81. The summed E-state index contributed by atoms with van der Waals surface area (Å²) in [5.74, 6) is 2.66. The van der Waals surface area contributed by atoms with Gasteiger partial charge in [-0.25, -0.2) is 4.98 Å². The molecule has 0 fully saturated rings. The molecule has 1 unspecified atom stereocenters. The number of methoxy groups -OCH3 is 1. The summed E-state index contributed by atoms with van der Waals surface area (Å²) in [7, 11) is 1.62. The molecule has 3 aromatic rings. The Hall–Kier alpha value is -3.74. The predicted molar refractivity (Wildman–Crippen MR) is 114 cm³/mol. The zero-order valence-electron chi connectivity index (χ0n) is 16.7. The SMILES string of the molecule is COc1ccc(OCCCN2C(=O)C(c3ccccc3)Oc3ccc(N)nc32)cc1. The maximum Gasteiger partial charge on any atom is 0.274 e. The van der Waals surface area contributed by atoms with Crippen LogP contribution in [0.25, 0.3) is 0 Å². The Bertz CT molecular complexity index is 1010. The number of nitrogens with two attached hydrogens (primary N) is 1. The number of fused-ring (bicyclic) bond motifs is 1. The van der Waals surface area contributed by atoms with Gasteiger partial charge in [-0.2, -0.15) is 0 Å². The number of aromatic nitrogens is 1. The van der Waals surface area contributed by atoms with Crippen molar-refractivity contribution in [3.05, 3.63) is 72.3 Å². The number of benzene rings is 2. The highest BCUT2D eigenvalue weighted by atomic mass is 16.5. The summed E-state index contributed by atoms with van der Waals surface area (Å²) < 4.78 is 16.9. The first-order valence-corrected chi connectivity index (χ1v) is 9.72. The summed E-state index contributed by atoms with van der Waals surface area (Å²) in [5, 5.41) is 0. The molecule has 0 saturated heterocycles. The number of carbonyl (C=O) groups is 1. The van der Waals surface area contributed by atoms with Crippen molar-refractivity contribution in [3.63, 3.8) is 0 Å². The van der Waals surface area contributed by atoms with Crippen molar-refractivity contribution < 1.29 is 19.0 Å². The van der Waals surface area contributed by atoms with Gasteiger partial charge in [0.15, 0.2) is 11.6 Å². The Morgan fingerprint density at radius 1 is 1.03 bits per heavy atom. The van der Waals surface area contributed by atoms with Gasteiger partial charge in [-0.1, -0.05) is 30.3 Å². The summed E-state index contributed by atoms with van der Waals surface area (Å²) >= 11 is 0. The summed E-state index contributed by atoms with van der Waals surface area (Å²) in [6.07, 6.45) is -0.0958. The average molecular weight is 405 g/mol. The Morgan fingerprint density at radius 2 is 1.77 bits per heavy atom. The molecular formula is C23H23N3O4. The fraction of sp³-hybridized carbons (Fsp3) is 0.217. The lowest BCUT2D eigenvalue weighted by Crippen LogP contribution is -2.42. The summed E-state index contributed by atoms with van der Waals surface area (Å²) in [6, 6.07) is 20.2. The van der Waals surface area contributed by atoms with Crippen LogP contribution in [0.2, 0.25) is 0 Å². The number of ether oxygens (including phenoxy) is 3. The molecule has 2 heterocycles. The quantitative estimate of drug-likeness (QED) is 0.605. The van der Waals surface area contributed by atoms with Crippen LogP contribution >= 0.6 is 0 Å². The van der Waals surface area contributed by atoms with Crippen LogP contribution in [0, 0.1) is 0 Å². The highest BCUT2D eigenvalue weighted by Crippen LogP contribution is 2.38. The van der Waals surface area contributed by atoms with E-state index in [1.165, 1.54) is 0 Å². The van der Waals surface area contributed by atoms with Crippen molar-refractivity contribution in [2.75, 3.05) is 30.9 Å². The van der Waals surface area contributed by atoms with E-state index in [4.69, 9.17) is 19.9 Å². The van der Waals surface area contributed by atoms with E-state index in [2.05, 4.69) is 4.98 Å². The number of nitrogens with zero attached hydrogens (tertiary/aromatic N) is 2. The number of rotatable bonds is 7. The average Bonchev–Trinajstić information content (AvgIpc) is 2.78. The highest BCUT2D eigenvalue weighted by molar-refractivity contribution is 5.99. The molecule has 30 heavy (non-hydrogen) atoms. The lowest BCUT2D eigenvalue weighted by molar-refractivity contribution is -0.126. The zero-order chi connectivity index (χ0) is 20.9. The standard InChI is InChI=1S/C23H23N3O4/c1-28-17-8-10-18(11-9-17)29-15-5-14-26-22-19(12-13-20(24)25-22)30-21(23(26)27)16-6-3-2-4-7-16/h2-4,6-13,21H,5,14-15H2,1H3,(H2,24,25). The molecule has 7 nitrogen and oxygen atoms in total. The lowest BCUT2D eigenvalue weighted by Gasteiger charge is -2.33.